The fourth-order valence-corrected chi connectivity index (χ4v) is 3.54. The lowest BCUT2D eigenvalue weighted by Gasteiger charge is -2.13. The number of methoxy groups -OCH3 is 1. The van der Waals surface area contributed by atoms with Gasteiger partial charge in [0.25, 0.3) is 11.8 Å². The Hall–Kier alpha value is -2.92. The predicted octanol–water partition coefficient (Wildman–Crippen LogP) is 3.95. The minimum absolute atomic E-state index is 0.0807. The number of benzene rings is 2. The van der Waals surface area contributed by atoms with Gasteiger partial charge in [0, 0.05) is 5.56 Å². The molecule has 1 aromatic heterocycles. The molecule has 0 radical (unpaired) electrons. The standard InChI is InChI=1S/C21H18IN3O4S/c1-28-18-9-8-13(11-16(18)22)19(26)25-21(30)24-17-7-3-2-6-15(17)20(27)23-12-14-5-4-10-29-14/h2-11H,12H2,1H3,(H,23,27)(H2,24,25,26,30). The van der Waals surface area contributed by atoms with Gasteiger partial charge >= 0.3 is 0 Å². The number of carbonyl (C=O) groups excluding carboxylic acids is 2. The summed E-state index contributed by atoms with van der Waals surface area (Å²) < 4.78 is 11.2. The van der Waals surface area contributed by atoms with Gasteiger partial charge in [-0.1, -0.05) is 12.1 Å². The molecule has 3 N–H and O–H groups in total. The second-order valence-corrected chi connectivity index (χ2v) is 7.64. The third-order valence-electron chi connectivity index (χ3n) is 4.06. The molecule has 2 amide bonds. The van der Waals surface area contributed by atoms with E-state index in [9.17, 15) is 9.59 Å². The molecule has 0 bridgehead atoms. The van der Waals surface area contributed by atoms with Crippen LogP contribution in [-0.4, -0.2) is 24.0 Å². The molecular formula is C21H18IN3O4S. The highest BCUT2D eigenvalue weighted by Crippen LogP contribution is 2.21. The number of thiocarbonyl (C=S) groups is 1. The van der Waals surface area contributed by atoms with Gasteiger partial charge in [-0.25, -0.2) is 0 Å². The predicted molar refractivity (Wildman–Crippen MR) is 126 cm³/mol. The van der Waals surface area contributed by atoms with Gasteiger partial charge in [-0.3, -0.25) is 14.9 Å². The second-order valence-electron chi connectivity index (χ2n) is 6.07. The Morgan fingerprint density at radius 1 is 1.10 bits per heavy atom. The van der Waals surface area contributed by atoms with Gasteiger partial charge < -0.3 is 19.8 Å². The summed E-state index contributed by atoms with van der Waals surface area (Å²) in [6, 6.07) is 15.5. The number of furan rings is 1. The molecule has 0 saturated heterocycles. The Morgan fingerprint density at radius 2 is 1.90 bits per heavy atom. The Labute approximate surface area is 192 Å². The van der Waals surface area contributed by atoms with Gasteiger partial charge in [0.05, 0.1) is 34.7 Å². The minimum Gasteiger partial charge on any atom is -0.496 e. The Morgan fingerprint density at radius 3 is 2.60 bits per heavy atom. The summed E-state index contributed by atoms with van der Waals surface area (Å²) in [6.07, 6.45) is 1.54. The summed E-state index contributed by atoms with van der Waals surface area (Å²) in [7, 11) is 1.57. The SMILES string of the molecule is COc1ccc(C(=O)NC(=S)Nc2ccccc2C(=O)NCc2ccco2)cc1I. The van der Waals surface area contributed by atoms with Crippen LogP contribution in [0, 0.1) is 3.57 Å². The Bertz CT molecular complexity index is 1070. The molecule has 9 heteroatoms. The highest BCUT2D eigenvalue weighted by atomic mass is 127. The Kier molecular flexibility index (Phi) is 7.41. The summed E-state index contributed by atoms with van der Waals surface area (Å²) in [4.78, 5) is 25.0. The van der Waals surface area contributed by atoms with Crippen molar-refractivity contribution in [3.05, 3.63) is 81.3 Å². The van der Waals surface area contributed by atoms with Crippen LogP contribution in [0.3, 0.4) is 0 Å². The first-order valence-corrected chi connectivity index (χ1v) is 10.3. The van der Waals surface area contributed by atoms with E-state index in [1.165, 1.54) is 0 Å². The van der Waals surface area contributed by atoms with Crippen LogP contribution in [0.1, 0.15) is 26.5 Å². The maximum Gasteiger partial charge on any atom is 0.257 e. The number of ether oxygens (including phenoxy) is 1. The van der Waals surface area contributed by atoms with Gasteiger partial charge in [-0.05, 0) is 77.3 Å². The van der Waals surface area contributed by atoms with Crippen molar-refractivity contribution in [2.75, 3.05) is 12.4 Å². The van der Waals surface area contributed by atoms with E-state index in [-0.39, 0.29) is 23.5 Å². The maximum atomic E-state index is 12.5. The number of rotatable bonds is 6. The Balaban J connectivity index is 1.64. The highest BCUT2D eigenvalue weighted by Gasteiger charge is 2.14. The van der Waals surface area contributed by atoms with Gasteiger partial charge in [-0.15, -0.1) is 0 Å². The van der Waals surface area contributed by atoms with Crippen LogP contribution in [0.2, 0.25) is 0 Å². The lowest BCUT2D eigenvalue weighted by molar-refractivity contribution is 0.0947. The summed E-state index contributed by atoms with van der Waals surface area (Å²) in [5.41, 5.74) is 1.30. The van der Waals surface area contributed by atoms with Crippen LogP contribution in [0.25, 0.3) is 0 Å². The molecule has 3 rings (SSSR count). The topological polar surface area (TPSA) is 92.6 Å². The molecule has 30 heavy (non-hydrogen) atoms. The van der Waals surface area contributed by atoms with E-state index >= 15 is 0 Å². The summed E-state index contributed by atoms with van der Waals surface area (Å²) in [5.74, 6) is 0.661. The van der Waals surface area contributed by atoms with Crippen molar-refractivity contribution < 1.29 is 18.7 Å². The molecule has 0 aliphatic rings. The normalized spacial score (nSPS) is 10.2. The van der Waals surface area contributed by atoms with Crippen LogP contribution < -0.4 is 20.7 Å². The van der Waals surface area contributed by atoms with Crippen molar-refractivity contribution in [3.63, 3.8) is 0 Å². The third kappa shape index (κ3) is 5.57. The van der Waals surface area contributed by atoms with Crippen molar-refractivity contribution in [1.29, 1.82) is 0 Å². The van der Waals surface area contributed by atoms with Crippen LogP contribution in [0.4, 0.5) is 5.69 Å². The molecule has 0 atom stereocenters. The number of carbonyl (C=O) groups is 2. The van der Waals surface area contributed by atoms with Gasteiger partial charge in [0.2, 0.25) is 0 Å². The van der Waals surface area contributed by atoms with E-state index in [4.69, 9.17) is 21.4 Å². The van der Waals surface area contributed by atoms with Crippen molar-refractivity contribution in [3.8, 4) is 5.75 Å². The largest absolute Gasteiger partial charge is 0.496 e. The van der Waals surface area contributed by atoms with E-state index in [2.05, 4.69) is 38.5 Å². The van der Waals surface area contributed by atoms with Crippen LogP contribution in [0.5, 0.6) is 5.75 Å². The quantitative estimate of drug-likeness (QED) is 0.327. The first kappa shape index (κ1) is 21.8. The molecule has 0 spiro atoms. The van der Waals surface area contributed by atoms with E-state index < -0.39 is 0 Å². The van der Waals surface area contributed by atoms with Crippen molar-refractivity contribution >= 4 is 57.4 Å². The molecule has 3 aromatic rings. The van der Waals surface area contributed by atoms with Crippen molar-refractivity contribution in [2.24, 2.45) is 0 Å². The van der Waals surface area contributed by atoms with Crippen molar-refractivity contribution in [1.82, 2.24) is 10.6 Å². The smallest absolute Gasteiger partial charge is 0.257 e. The highest BCUT2D eigenvalue weighted by molar-refractivity contribution is 14.1. The second kappa shape index (κ2) is 10.2. The third-order valence-corrected chi connectivity index (χ3v) is 5.11. The summed E-state index contributed by atoms with van der Waals surface area (Å²) in [6.45, 7) is 0.261. The average Bonchev–Trinajstić information content (AvgIpc) is 3.26. The number of hydrogen-bond acceptors (Lipinski definition) is 5. The number of nitrogens with one attached hydrogen (secondary N) is 3. The molecule has 7 nitrogen and oxygen atoms in total. The van der Waals surface area contributed by atoms with Crippen LogP contribution in [0.15, 0.2) is 65.3 Å². The number of para-hydroxylation sites is 1. The molecule has 154 valence electrons. The first-order valence-electron chi connectivity index (χ1n) is 8.83. The fraction of sp³-hybridized carbons (Fsp3) is 0.0952. The minimum atomic E-state index is -0.368. The number of hydrogen-bond donors (Lipinski definition) is 3. The number of anilines is 1. The van der Waals surface area contributed by atoms with Crippen LogP contribution in [-0.2, 0) is 6.54 Å². The summed E-state index contributed by atoms with van der Waals surface area (Å²) in [5, 5.41) is 8.39. The number of halogens is 1. The molecule has 1 heterocycles. The van der Waals surface area contributed by atoms with Gasteiger partial charge in [0.1, 0.15) is 11.5 Å². The zero-order valence-corrected chi connectivity index (χ0v) is 18.9. The lowest BCUT2D eigenvalue weighted by atomic mass is 10.1. The molecule has 0 aliphatic heterocycles. The monoisotopic (exact) mass is 535 g/mol. The first-order chi connectivity index (χ1) is 14.5. The van der Waals surface area contributed by atoms with Crippen molar-refractivity contribution in [2.45, 2.75) is 6.54 Å². The zero-order chi connectivity index (χ0) is 21.5. The fourth-order valence-electron chi connectivity index (χ4n) is 2.60. The van der Waals surface area contributed by atoms with Crippen LogP contribution >= 0.6 is 34.8 Å². The maximum absolute atomic E-state index is 12.5. The molecule has 2 aromatic carbocycles. The van der Waals surface area contributed by atoms with Gasteiger partial charge in [-0.2, -0.15) is 0 Å². The van der Waals surface area contributed by atoms with E-state index in [1.54, 1.807) is 68.0 Å². The summed E-state index contributed by atoms with van der Waals surface area (Å²) >= 11 is 7.34. The molecule has 0 unspecified atom stereocenters. The lowest BCUT2D eigenvalue weighted by Crippen LogP contribution is -2.35. The van der Waals surface area contributed by atoms with Gasteiger partial charge in [0.15, 0.2) is 5.11 Å². The number of amides is 2. The average molecular weight is 535 g/mol. The molecule has 0 fully saturated rings. The molecule has 0 aliphatic carbocycles. The molecule has 0 saturated carbocycles. The van der Waals surface area contributed by atoms with E-state index in [1.807, 2.05) is 0 Å². The zero-order valence-electron chi connectivity index (χ0n) is 15.9. The van der Waals surface area contributed by atoms with E-state index in [0.717, 1.165) is 3.57 Å². The van der Waals surface area contributed by atoms with E-state index in [0.29, 0.717) is 28.3 Å². The molecular weight excluding hydrogens is 517 g/mol.